The van der Waals surface area contributed by atoms with Gasteiger partial charge < -0.3 is 5.32 Å². The van der Waals surface area contributed by atoms with E-state index in [1.165, 1.54) is 12.3 Å². The molecule has 0 saturated heterocycles. The van der Waals surface area contributed by atoms with E-state index < -0.39 is 17.8 Å². The van der Waals surface area contributed by atoms with Crippen LogP contribution >= 0.6 is 0 Å². The highest BCUT2D eigenvalue weighted by atomic mass is 19.4. The lowest BCUT2D eigenvalue weighted by Gasteiger charge is -2.10. The van der Waals surface area contributed by atoms with Crippen LogP contribution in [-0.4, -0.2) is 21.5 Å². The molecule has 20 heavy (non-hydrogen) atoms. The molecule has 4 nitrogen and oxygen atoms in total. The van der Waals surface area contributed by atoms with Crippen LogP contribution in [0.4, 0.5) is 23.4 Å². The standard InChI is InChI=1S/C12H10F4N4/c1-2-18-10-4-9(7-3-8(13)6-17-5-7)19-11(20-10)12(14,15)16/h3-6H,2H2,1H3,(H,18,19,20). The van der Waals surface area contributed by atoms with Crippen LogP contribution in [0.5, 0.6) is 0 Å². The quantitative estimate of drug-likeness (QED) is 0.881. The number of pyridine rings is 1. The van der Waals surface area contributed by atoms with Crippen LogP contribution in [0.25, 0.3) is 11.3 Å². The zero-order chi connectivity index (χ0) is 14.8. The fraction of sp³-hybridized carbons (Fsp3) is 0.250. The normalized spacial score (nSPS) is 11.4. The van der Waals surface area contributed by atoms with Crippen LogP contribution in [-0.2, 0) is 6.18 Å². The van der Waals surface area contributed by atoms with Crippen LogP contribution in [0, 0.1) is 5.82 Å². The molecule has 0 aliphatic carbocycles. The van der Waals surface area contributed by atoms with E-state index in [9.17, 15) is 17.6 Å². The Kier molecular flexibility index (Phi) is 3.82. The van der Waals surface area contributed by atoms with Gasteiger partial charge in [0.15, 0.2) is 0 Å². The fourth-order valence-corrected chi connectivity index (χ4v) is 1.55. The lowest BCUT2D eigenvalue weighted by molar-refractivity contribution is -0.144. The lowest BCUT2D eigenvalue weighted by atomic mass is 10.2. The van der Waals surface area contributed by atoms with Crippen LogP contribution in [0.2, 0.25) is 0 Å². The molecule has 0 bridgehead atoms. The zero-order valence-corrected chi connectivity index (χ0v) is 10.4. The smallest absolute Gasteiger partial charge is 0.370 e. The highest BCUT2D eigenvalue weighted by Gasteiger charge is 2.35. The third kappa shape index (κ3) is 3.19. The average molecular weight is 286 g/mol. The van der Waals surface area contributed by atoms with Gasteiger partial charge in [-0.25, -0.2) is 14.4 Å². The first-order chi connectivity index (χ1) is 9.40. The van der Waals surface area contributed by atoms with Crippen molar-refractivity contribution in [3.63, 3.8) is 0 Å². The Morgan fingerprint density at radius 2 is 1.90 bits per heavy atom. The second-order valence-electron chi connectivity index (χ2n) is 3.88. The number of alkyl halides is 3. The van der Waals surface area contributed by atoms with E-state index in [0.717, 1.165) is 12.3 Å². The maximum atomic E-state index is 13.1. The molecule has 0 atom stereocenters. The minimum atomic E-state index is -4.68. The van der Waals surface area contributed by atoms with Crippen molar-refractivity contribution in [3.05, 3.63) is 36.2 Å². The van der Waals surface area contributed by atoms with E-state index in [1.807, 2.05) is 0 Å². The molecule has 0 saturated carbocycles. The Labute approximate surface area is 111 Å². The monoisotopic (exact) mass is 286 g/mol. The van der Waals surface area contributed by atoms with Crippen molar-refractivity contribution >= 4 is 5.82 Å². The van der Waals surface area contributed by atoms with Crippen molar-refractivity contribution < 1.29 is 17.6 Å². The Morgan fingerprint density at radius 1 is 1.15 bits per heavy atom. The minimum Gasteiger partial charge on any atom is -0.370 e. The lowest BCUT2D eigenvalue weighted by Crippen LogP contribution is -2.13. The number of aromatic nitrogens is 3. The molecule has 2 heterocycles. The summed E-state index contributed by atoms with van der Waals surface area (Å²) in [5.74, 6) is -1.91. The molecule has 0 radical (unpaired) electrons. The summed E-state index contributed by atoms with van der Waals surface area (Å²) < 4.78 is 51.3. The van der Waals surface area contributed by atoms with Crippen LogP contribution in [0.3, 0.4) is 0 Å². The fourth-order valence-electron chi connectivity index (χ4n) is 1.55. The van der Waals surface area contributed by atoms with E-state index in [0.29, 0.717) is 6.54 Å². The number of hydrogen-bond donors (Lipinski definition) is 1. The molecular weight excluding hydrogens is 276 g/mol. The van der Waals surface area contributed by atoms with Crippen molar-refractivity contribution in [1.82, 2.24) is 15.0 Å². The van der Waals surface area contributed by atoms with Gasteiger partial charge in [-0.2, -0.15) is 13.2 Å². The maximum absolute atomic E-state index is 13.1. The van der Waals surface area contributed by atoms with Gasteiger partial charge in [-0.05, 0) is 13.0 Å². The van der Waals surface area contributed by atoms with Gasteiger partial charge in [-0.15, -0.1) is 0 Å². The predicted molar refractivity (Wildman–Crippen MR) is 64.4 cm³/mol. The third-order valence-electron chi connectivity index (χ3n) is 2.34. The van der Waals surface area contributed by atoms with E-state index in [1.54, 1.807) is 6.92 Å². The van der Waals surface area contributed by atoms with Gasteiger partial charge in [0.2, 0.25) is 5.82 Å². The Balaban J connectivity index is 2.54. The SMILES string of the molecule is CCNc1cc(-c2cncc(F)c2)nc(C(F)(F)F)n1. The van der Waals surface area contributed by atoms with Gasteiger partial charge in [0.05, 0.1) is 11.9 Å². The first-order valence-corrected chi connectivity index (χ1v) is 5.71. The van der Waals surface area contributed by atoms with E-state index in [-0.39, 0.29) is 17.1 Å². The number of hydrogen-bond acceptors (Lipinski definition) is 4. The van der Waals surface area contributed by atoms with Crippen molar-refractivity contribution in [2.24, 2.45) is 0 Å². The average Bonchev–Trinajstić information content (AvgIpc) is 2.38. The molecule has 0 spiro atoms. The minimum absolute atomic E-state index is 0.0223. The van der Waals surface area contributed by atoms with Crippen molar-refractivity contribution in [2.45, 2.75) is 13.1 Å². The summed E-state index contributed by atoms with van der Waals surface area (Å²) in [6.45, 7) is 2.12. The van der Waals surface area contributed by atoms with Crippen LogP contribution in [0.1, 0.15) is 12.7 Å². The number of halogens is 4. The van der Waals surface area contributed by atoms with E-state index in [2.05, 4.69) is 20.3 Å². The van der Waals surface area contributed by atoms with Crippen molar-refractivity contribution in [2.75, 3.05) is 11.9 Å². The first-order valence-electron chi connectivity index (χ1n) is 5.71. The summed E-state index contributed by atoms with van der Waals surface area (Å²) in [5.41, 5.74) is 0.104. The molecule has 0 aliphatic rings. The summed E-state index contributed by atoms with van der Waals surface area (Å²) in [4.78, 5) is 10.4. The summed E-state index contributed by atoms with van der Waals surface area (Å²) in [6, 6.07) is 2.38. The van der Waals surface area contributed by atoms with Crippen LogP contribution < -0.4 is 5.32 Å². The highest BCUT2D eigenvalue weighted by molar-refractivity contribution is 5.61. The molecule has 0 unspecified atom stereocenters. The van der Waals surface area contributed by atoms with Gasteiger partial charge in [0, 0.05) is 24.4 Å². The van der Waals surface area contributed by atoms with Gasteiger partial charge in [-0.3, -0.25) is 4.98 Å². The predicted octanol–water partition coefficient (Wildman–Crippen LogP) is 3.13. The number of rotatable bonds is 3. The van der Waals surface area contributed by atoms with Gasteiger partial charge in [0.1, 0.15) is 11.6 Å². The molecular formula is C12H10F4N4. The van der Waals surface area contributed by atoms with Crippen molar-refractivity contribution in [3.8, 4) is 11.3 Å². The second kappa shape index (κ2) is 5.40. The molecule has 2 rings (SSSR count). The van der Waals surface area contributed by atoms with Gasteiger partial charge >= 0.3 is 6.18 Å². The molecule has 8 heteroatoms. The summed E-state index contributed by atoms with van der Waals surface area (Å²) in [5, 5.41) is 2.68. The zero-order valence-electron chi connectivity index (χ0n) is 10.4. The first kappa shape index (κ1) is 14.2. The number of nitrogens with zero attached hydrogens (tertiary/aromatic N) is 3. The maximum Gasteiger partial charge on any atom is 0.451 e. The molecule has 0 amide bonds. The summed E-state index contributed by atoms with van der Waals surface area (Å²) in [7, 11) is 0. The van der Waals surface area contributed by atoms with Crippen molar-refractivity contribution in [1.29, 1.82) is 0 Å². The molecule has 0 fully saturated rings. The van der Waals surface area contributed by atoms with Gasteiger partial charge in [0.25, 0.3) is 0 Å². The third-order valence-corrected chi connectivity index (χ3v) is 2.34. The molecule has 1 N–H and O–H groups in total. The topological polar surface area (TPSA) is 50.7 Å². The Hall–Kier alpha value is -2.25. The van der Waals surface area contributed by atoms with Crippen LogP contribution in [0.15, 0.2) is 24.5 Å². The molecule has 2 aromatic rings. The number of nitrogens with one attached hydrogen (secondary N) is 1. The molecule has 2 aromatic heterocycles. The van der Waals surface area contributed by atoms with Gasteiger partial charge in [-0.1, -0.05) is 0 Å². The highest BCUT2D eigenvalue weighted by Crippen LogP contribution is 2.29. The second-order valence-corrected chi connectivity index (χ2v) is 3.88. The summed E-state index contributed by atoms with van der Waals surface area (Å²) in [6.07, 6.45) is -2.48. The number of anilines is 1. The van der Waals surface area contributed by atoms with E-state index >= 15 is 0 Å². The van der Waals surface area contributed by atoms with E-state index in [4.69, 9.17) is 0 Å². The Morgan fingerprint density at radius 3 is 2.50 bits per heavy atom. The molecule has 0 aliphatic heterocycles. The Bertz CT molecular complexity index is 613. The largest absolute Gasteiger partial charge is 0.451 e. The molecule has 0 aromatic carbocycles. The summed E-state index contributed by atoms with van der Waals surface area (Å²) >= 11 is 0. The molecule has 106 valence electrons.